The van der Waals surface area contributed by atoms with Crippen molar-refractivity contribution >= 4 is 21.9 Å². The standard InChI is InChI=1S/C22H13F3N4O/c23-15-6-5-13-12(9-19(30)28-21(13)20(15)25)11-29-18-4-2-1-3-17(18)27-22(29)14-7-8-26-10-16(14)24/h1-10H,11H2,(H,28,30). The van der Waals surface area contributed by atoms with Crippen molar-refractivity contribution in [1.29, 1.82) is 0 Å². The lowest BCUT2D eigenvalue weighted by Gasteiger charge is -2.12. The molecule has 5 nitrogen and oxygen atoms in total. The minimum atomic E-state index is -1.12. The highest BCUT2D eigenvalue weighted by atomic mass is 19.2. The van der Waals surface area contributed by atoms with Gasteiger partial charge in [0.1, 0.15) is 5.82 Å². The van der Waals surface area contributed by atoms with Crippen LogP contribution in [-0.4, -0.2) is 19.5 Å². The Morgan fingerprint density at radius 3 is 2.67 bits per heavy atom. The van der Waals surface area contributed by atoms with Crippen molar-refractivity contribution < 1.29 is 13.2 Å². The van der Waals surface area contributed by atoms with E-state index in [2.05, 4.69) is 15.0 Å². The molecule has 0 aliphatic carbocycles. The van der Waals surface area contributed by atoms with Crippen molar-refractivity contribution in [2.75, 3.05) is 0 Å². The number of para-hydroxylation sites is 2. The summed E-state index contributed by atoms with van der Waals surface area (Å²) in [5.74, 6) is -2.38. The van der Waals surface area contributed by atoms with E-state index < -0.39 is 23.0 Å². The van der Waals surface area contributed by atoms with Crippen LogP contribution in [0.1, 0.15) is 5.56 Å². The molecule has 2 aromatic carbocycles. The number of fused-ring (bicyclic) bond motifs is 2. The number of aromatic amines is 1. The Hall–Kier alpha value is -3.94. The molecule has 0 unspecified atom stereocenters. The number of hydrogen-bond donors (Lipinski definition) is 1. The molecule has 0 atom stereocenters. The molecular weight excluding hydrogens is 393 g/mol. The van der Waals surface area contributed by atoms with Gasteiger partial charge in [-0.05, 0) is 35.9 Å². The maximum Gasteiger partial charge on any atom is 0.248 e. The molecule has 0 bridgehead atoms. The van der Waals surface area contributed by atoms with Gasteiger partial charge in [0.05, 0.1) is 34.9 Å². The van der Waals surface area contributed by atoms with E-state index in [9.17, 15) is 18.0 Å². The summed E-state index contributed by atoms with van der Waals surface area (Å²) in [6.45, 7) is 0.100. The molecule has 0 radical (unpaired) electrons. The van der Waals surface area contributed by atoms with Crippen LogP contribution in [0.15, 0.2) is 65.7 Å². The Kier molecular flexibility index (Phi) is 4.13. The molecule has 8 heteroatoms. The molecule has 0 aliphatic rings. The van der Waals surface area contributed by atoms with Gasteiger partial charge < -0.3 is 9.55 Å². The molecule has 3 heterocycles. The first kappa shape index (κ1) is 18.1. The number of nitrogens with one attached hydrogen (secondary N) is 1. The van der Waals surface area contributed by atoms with Gasteiger partial charge in [0.15, 0.2) is 17.5 Å². The fourth-order valence-corrected chi connectivity index (χ4v) is 3.63. The number of halogens is 3. The average Bonchev–Trinajstić information content (AvgIpc) is 3.10. The zero-order valence-electron chi connectivity index (χ0n) is 15.4. The molecule has 30 heavy (non-hydrogen) atoms. The third kappa shape index (κ3) is 2.85. The first-order valence-electron chi connectivity index (χ1n) is 9.08. The van der Waals surface area contributed by atoms with E-state index >= 15 is 0 Å². The number of H-pyrrole nitrogens is 1. The van der Waals surface area contributed by atoms with Gasteiger partial charge in [-0.15, -0.1) is 0 Å². The maximum atomic E-state index is 14.5. The van der Waals surface area contributed by atoms with Gasteiger partial charge in [-0.1, -0.05) is 12.1 Å². The van der Waals surface area contributed by atoms with Gasteiger partial charge >= 0.3 is 0 Å². The lowest BCUT2D eigenvalue weighted by molar-refractivity contribution is 0.515. The van der Waals surface area contributed by atoms with Gasteiger partial charge in [0.25, 0.3) is 0 Å². The van der Waals surface area contributed by atoms with Crippen LogP contribution in [-0.2, 0) is 6.54 Å². The third-order valence-corrected chi connectivity index (χ3v) is 4.99. The van der Waals surface area contributed by atoms with E-state index in [-0.39, 0.29) is 17.6 Å². The van der Waals surface area contributed by atoms with Crippen LogP contribution in [0.4, 0.5) is 13.2 Å². The van der Waals surface area contributed by atoms with Crippen LogP contribution in [0.5, 0.6) is 0 Å². The predicted octanol–water partition coefficient (Wildman–Crippen LogP) is 4.41. The molecular formula is C22H13F3N4O. The minimum Gasteiger partial charge on any atom is -0.319 e. The largest absolute Gasteiger partial charge is 0.319 e. The second kappa shape index (κ2) is 6.84. The fraction of sp³-hybridized carbons (Fsp3) is 0.0455. The molecule has 0 amide bonds. The van der Waals surface area contributed by atoms with Crippen LogP contribution >= 0.6 is 0 Å². The second-order valence-electron chi connectivity index (χ2n) is 6.81. The molecule has 5 rings (SSSR count). The molecule has 3 aromatic heterocycles. The summed E-state index contributed by atoms with van der Waals surface area (Å²) in [6.07, 6.45) is 2.56. The Morgan fingerprint density at radius 1 is 1.00 bits per heavy atom. The number of imidazole rings is 1. The molecule has 0 fully saturated rings. The van der Waals surface area contributed by atoms with Crippen LogP contribution in [0.3, 0.4) is 0 Å². The summed E-state index contributed by atoms with van der Waals surface area (Å²) < 4.78 is 44.1. The van der Waals surface area contributed by atoms with E-state index in [1.165, 1.54) is 24.4 Å². The average molecular weight is 406 g/mol. The monoisotopic (exact) mass is 406 g/mol. The van der Waals surface area contributed by atoms with Gasteiger partial charge in [-0.3, -0.25) is 9.78 Å². The molecule has 148 valence electrons. The summed E-state index contributed by atoms with van der Waals surface area (Å²) in [4.78, 5) is 22.8. The summed E-state index contributed by atoms with van der Waals surface area (Å²) in [5, 5.41) is 0.354. The summed E-state index contributed by atoms with van der Waals surface area (Å²) >= 11 is 0. The van der Waals surface area contributed by atoms with Gasteiger partial charge in [0.2, 0.25) is 5.56 Å². The molecule has 0 aliphatic heterocycles. The van der Waals surface area contributed by atoms with Crippen molar-refractivity contribution in [1.82, 2.24) is 19.5 Å². The zero-order valence-corrected chi connectivity index (χ0v) is 15.4. The van der Waals surface area contributed by atoms with E-state index in [4.69, 9.17) is 0 Å². The normalized spacial score (nSPS) is 11.4. The maximum absolute atomic E-state index is 14.5. The van der Waals surface area contributed by atoms with Gasteiger partial charge in [-0.25, -0.2) is 18.2 Å². The van der Waals surface area contributed by atoms with Crippen molar-refractivity contribution in [2.24, 2.45) is 0 Å². The SMILES string of the molecule is O=c1cc(Cn2c(-c3ccncc3F)nc3ccccc32)c2ccc(F)c(F)c2[nH]1. The van der Waals surface area contributed by atoms with Crippen molar-refractivity contribution in [3.8, 4) is 11.4 Å². The number of aromatic nitrogens is 4. The highest BCUT2D eigenvalue weighted by Crippen LogP contribution is 2.29. The van der Waals surface area contributed by atoms with E-state index in [0.29, 0.717) is 27.8 Å². The predicted molar refractivity (Wildman–Crippen MR) is 107 cm³/mol. The third-order valence-electron chi connectivity index (χ3n) is 4.99. The number of hydrogen-bond acceptors (Lipinski definition) is 3. The Balaban J connectivity index is 1.78. The highest BCUT2D eigenvalue weighted by molar-refractivity contribution is 5.84. The van der Waals surface area contributed by atoms with E-state index in [1.54, 1.807) is 10.6 Å². The quantitative estimate of drug-likeness (QED) is 0.483. The lowest BCUT2D eigenvalue weighted by atomic mass is 10.1. The number of pyridine rings is 2. The molecule has 5 aromatic rings. The Bertz CT molecular complexity index is 1490. The van der Waals surface area contributed by atoms with Crippen LogP contribution < -0.4 is 5.56 Å². The second-order valence-corrected chi connectivity index (χ2v) is 6.81. The fourth-order valence-electron chi connectivity index (χ4n) is 3.63. The topological polar surface area (TPSA) is 63.6 Å². The molecule has 0 saturated carbocycles. The van der Waals surface area contributed by atoms with E-state index in [1.807, 2.05) is 18.2 Å². The summed E-state index contributed by atoms with van der Waals surface area (Å²) in [6, 6.07) is 12.5. The summed E-state index contributed by atoms with van der Waals surface area (Å²) in [5.41, 5.74) is 1.26. The molecule has 1 N–H and O–H groups in total. The zero-order chi connectivity index (χ0) is 20.8. The lowest BCUT2D eigenvalue weighted by Crippen LogP contribution is -2.11. The number of rotatable bonds is 3. The Labute approximate surface area is 167 Å². The van der Waals surface area contributed by atoms with Crippen LogP contribution in [0.2, 0.25) is 0 Å². The minimum absolute atomic E-state index is 0.100. The van der Waals surface area contributed by atoms with Crippen molar-refractivity contribution in [3.63, 3.8) is 0 Å². The smallest absolute Gasteiger partial charge is 0.248 e. The van der Waals surface area contributed by atoms with Gasteiger partial charge in [-0.2, -0.15) is 0 Å². The first-order chi connectivity index (χ1) is 14.5. The highest BCUT2D eigenvalue weighted by Gasteiger charge is 2.18. The van der Waals surface area contributed by atoms with Gasteiger partial charge in [0, 0.05) is 17.6 Å². The molecule has 0 spiro atoms. The van der Waals surface area contributed by atoms with Crippen molar-refractivity contribution in [2.45, 2.75) is 6.54 Å². The summed E-state index contributed by atoms with van der Waals surface area (Å²) in [7, 11) is 0. The van der Waals surface area contributed by atoms with E-state index in [0.717, 1.165) is 12.3 Å². The number of nitrogens with zero attached hydrogens (tertiary/aromatic N) is 3. The van der Waals surface area contributed by atoms with Crippen LogP contribution in [0, 0.1) is 17.5 Å². The Morgan fingerprint density at radius 2 is 1.83 bits per heavy atom. The number of benzene rings is 2. The first-order valence-corrected chi connectivity index (χ1v) is 9.08. The van der Waals surface area contributed by atoms with Crippen molar-refractivity contribution in [3.05, 3.63) is 94.3 Å². The van der Waals surface area contributed by atoms with Crippen LogP contribution in [0.25, 0.3) is 33.3 Å². The molecule has 0 saturated heterocycles.